The molecule has 0 N–H and O–H groups in total. The zero-order valence-corrected chi connectivity index (χ0v) is 13.3. The Balaban J connectivity index is 1.84. The van der Waals surface area contributed by atoms with Gasteiger partial charge >= 0.3 is 7.12 Å². The maximum atomic E-state index is 14.5. The summed E-state index contributed by atoms with van der Waals surface area (Å²) in [6.07, 6.45) is 2.36. The Bertz CT molecular complexity index is 525. The molecule has 2 aliphatic heterocycles. The van der Waals surface area contributed by atoms with Crippen LogP contribution in [0.2, 0.25) is 0 Å². The molecule has 5 heteroatoms. The molecule has 114 valence electrons. The number of rotatable bonds is 2. The summed E-state index contributed by atoms with van der Waals surface area (Å²) < 4.78 is 26.3. The van der Waals surface area contributed by atoms with E-state index in [2.05, 4.69) is 4.90 Å². The fourth-order valence-electron chi connectivity index (χ4n) is 2.85. The molecule has 3 rings (SSSR count). The molecule has 1 aromatic carbocycles. The highest BCUT2D eigenvalue weighted by Crippen LogP contribution is 2.36. The average molecular weight is 291 g/mol. The molecule has 21 heavy (non-hydrogen) atoms. The van der Waals surface area contributed by atoms with Crippen molar-refractivity contribution in [2.24, 2.45) is 0 Å². The zero-order chi connectivity index (χ0) is 15.3. The molecule has 2 heterocycles. The molecule has 0 aliphatic carbocycles. The summed E-state index contributed by atoms with van der Waals surface area (Å²) in [5.41, 5.74) is 0.539. The highest BCUT2D eigenvalue weighted by Gasteiger charge is 2.52. The van der Waals surface area contributed by atoms with Gasteiger partial charge in [0.1, 0.15) is 5.82 Å². The van der Waals surface area contributed by atoms with Crippen molar-refractivity contribution in [2.75, 3.05) is 18.0 Å². The molecule has 2 aliphatic rings. The third-order valence-electron chi connectivity index (χ3n) is 4.96. The molecular formula is C16H23BFNO2. The van der Waals surface area contributed by atoms with E-state index < -0.39 is 18.3 Å². The molecule has 2 saturated heterocycles. The molecule has 1 aromatic rings. The summed E-state index contributed by atoms with van der Waals surface area (Å²) in [4.78, 5) is 2.22. The van der Waals surface area contributed by atoms with Gasteiger partial charge in [0.05, 0.1) is 11.2 Å². The standard InChI is InChI=1S/C16H23BFNO2/c1-15(2)16(3,4)21-17(20-15)13-8-7-12(11-14(13)18)19-9-5-6-10-19/h7-8,11H,5-6,9-10H2,1-4H3. The van der Waals surface area contributed by atoms with Gasteiger partial charge < -0.3 is 14.2 Å². The Morgan fingerprint density at radius 2 is 1.62 bits per heavy atom. The summed E-state index contributed by atoms with van der Waals surface area (Å²) in [7, 11) is -0.636. The molecule has 3 nitrogen and oxygen atoms in total. The lowest BCUT2D eigenvalue weighted by atomic mass is 9.78. The summed E-state index contributed by atoms with van der Waals surface area (Å²) >= 11 is 0. The first-order chi connectivity index (χ1) is 9.80. The molecule has 0 unspecified atom stereocenters. The molecule has 0 radical (unpaired) electrons. The average Bonchev–Trinajstić information content (AvgIpc) is 2.96. The van der Waals surface area contributed by atoms with E-state index in [4.69, 9.17) is 9.31 Å². The second kappa shape index (κ2) is 4.99. The van der Waals surface area contributed by atoms with Crippen molar-refractivity contribution in [2.45, 2.75) is 51.7 Å². The van der Waals surface area contributed by atoms with Crippen molar-refractivity contribution in [1.82, 2.24) is 0 Å². The lowest BCUT2D eigenvalue weighted by Crippen LogP contribution is -2.41. The third kappa shape index (κ3) is 2.57. The van der Waals surface area contributed by atoms with Crippen LogP contribution in [0.3, 0.4) is 0 Å². The predicted octanol–water partition coefficient (Wildman–Crippen LogP) is 2.73. The first-order valence-electron chi connectivity index (χ1n) is 7.70. The monoisotopic (exact) mass is 291 g/mol. The maximum absolute atomic E-state index is 14.5. The van der Waals surface area contributed by atoms with Crippen LogP contribution < -0.4 is 10.4 Å². The van der Waals surface area contributed by atoms with Gasteiger partial charge in [0.2, 0.25) is 0 Å². The largest absolute Gasteiger partial charge is 0.497 e. The molecule has 0 bridgehead atoms. The van der Waals surface area contributed by atoms with Crippen molar-refractivity contribution in [3.05, 3.63) is 24.0 Å². The lowest BCUT2D eigenvalue weighted by Gasteiger charge is -2.32. The fraction of sp³-hybridized carbons (Fsp3) is 0.625. The minimum atomic E-state index is -0.636. The van der Waals surface area contributed by atoms with Gasteiger partial charge in [0, 0.05) is 24.2 Å². The molecule has 2 fully saturated rings. The van der Waals surface area contributed by atoms with E-state index in [1.165, 1.54) is 12.8 Å². The number of nitrogens with zero attached hydrogens (tertiary/aromatic N) is 1. The van der Waals surface area contributed by atoms with Crippen molar-refractivity contribution >= 4 is 18.3 Å². The number of benzene rings is 1. The first kappa shape index (κ1) is 14.9. The zero-order valence-electron chi connectivity index (χ0n) is 13.3. The normalized spacial score (nSPS) is 23.9. The number of halogens is 1. The van der Waals surface area contributed by atoms with Gasteiger partial charge in [0.15, 0.2) is 0 Å². The maximum Gasteiger partial charge on any atom is 0.497 e. The minimum Gasteiger partial charge on any atom is -0.399 e. The first-order valence-corrected chi connectivity index (χ1v) is 7.70. The Kier molecular flexibility index (Phi) is 3.53. The van der Waals surface area contributed by atoms with Crippen molar-refractivity contribution in [3.63, 3.8) is 0 Å². The van der Waals surface area contributed by atoms with Gasteiger partial charge in [-0.3, -0.25) is 0 Å². The van der Waals surface area contributed by atoms with Crippen LogP contribution >= 0.6 is 0 Å². The van der Waals surface area contributed by atoms with Crippen molar-refractivity contribution in [3.8, 4) is 0 Å². The van der Waals surface area contributed by atoms with E-state index in [1.807, 2.05) is 33.8 Å². The Hall–Kier alpha value is -1.07. The molecule has 0 amide bonds. The number of anilines is 1. The van der Waals surface area contributed by atoms with Gasteiger partial charge in [-0.1, -0.05) is 6.07 Å². The molecule has 0 spiro atoms. The van der Waals surface area contributed by atoms with E-state index in [0.29, 0.717) is 5.46 Å². The van der Waals surface area contributed by atoms with Gasteiger partial charge in [-0.15, -0.1) is 0 Å². The lowest BCUT2D eigenvalue weighted by molar-refractivity contribution is 0.00578. The van der Waals surface area contributed by atoms with Crippen LogP contribution in [0.25, 0.3) is 0 Å². The number of hydrogen-bond acceptors (Lipinski definition) is 3. The van der Waals surface area contributed by atoms with Crippen LogP contribution in [0, 0.1) is 5.82 Å². The molecule has 0 saturated carbocycles. The molecular weight excluding hydrogens is 268 g/mol. The molecule has 0 aromatic heterocycles. The van der Waals surface area contributed by atoms with Crippen LogP contribution in [0.5, 0.6) is 0 Å². The summed E-state index contributed by atoms with van der Waals surface area (Å²) in [5.74, 6) is -0.252. The fourth-order valence-corrected chi connectivity index (χ4v) is 2.85. The van der Waals surface area contributed by atoms with E-state index >= 15 is 0 Å². The minimum absolute atomic E-state index is 0.252. The topological polar surface area (TPSA) is 21.7 Å². The Morgan fingerprint density at radius 3 is 2.14 bits per heavy atom. The van der Waals surface area contributed by atoms with Gasteiger partial charge in [-0.05, 0) is 52.7 Å². The van der Waals surface area contributed by atoms with Gasteiger partial charge in [0.25, 0.3) is 0 Å². The SMILES string of the molecule is CC1(C)OB(c2ccc(N3CCCC3)cc2F)OC1(C)C. The Labute approximate surface area is 126 Å². The highest BCUT2D eigenvalue weighted by atomic mass is 19.1. The quantitative estimate of drug-likeness (QED) is 0.782. The molecule has 0 atom stereocenters. The van der Waals surface area contributed by atoms with Crippen LogP contribution in [0.15, 0.2) is 18.2 Å². The predicted molar refractivity (Wildman–Crippen MR) is 83.6 cm³/mol. The van der Waals surface area contributed by atoms with Gasteiger partial charge in [-0.25, -0.2) is 4.39 Å². The van der Waals surface area contributed by atoms with E-state index in [0.717, 1.165) is 18.8 Å². The second-order valence-corrected chi connectivity index (χ2v) is 6.99. The summed E-state index contributed by atoms with van der Waals surface area (Å²) in [6, 6.07) is 5.37. The Morgan fingerprint density at radius 1 is 1.05 bits per heavy atom. The summed E-state index contributed by atoms with van der Waals surface area (Å²) in [6.45, 7) is 9.92. The van der Waals surface area contributed by atoms with Crippen LogP contribution in [-0.4, -0.2) is 31.4 Å². The second-order valence-electron chi connectivity index (χ2n) is 6.99. The number of hydrogen-bond donors (Lipinski definition) is 0. The van der Waals surface area contributed by atoms with Crippen molar-refractivity contribution < 1.29 is 13.7 Å². The van der Waals surface area contributed by atoms with Crippen LogP contribution in [0.1, 0.15) is 40.5 Å². The van der Waals surface area contributed by atoms with Gasteiger partial charge in [-0.2, -0.15) is 0 Å². The van der Waals surface area contributed by atoms with Crippen LogP contribution in [-0.2, 0) is 9.31 Å². The van der Waals surface area contributed by atoms with Crippen LogP contribution in [0.4, 0.5) is 10.1 Å². The van der Waals surface area contributed by atoms with Crippen molar-refractivity contribution in [1.29, 1.82) is 0 Å². The van der Waals surface area contributed by atoms with E-state index in [9.17, 15) is 4.39 Å². The van der Waals surface area contributed by atoms with E-state index in [-0.39, 0.29) is 5.82 Å². The highest BCUT2D eigenvalue weighted by molar-refractivity contribution is 6.62. The van der Waals surface area contributed by atoms with E-state index in [1.54, 1.807) is 12.1 Å². The third-order valence-corrected chi connectivity index (χ3v) is 4.96. The summed E-state index contributed by atoms with van der Waals surface area (Å²) in [5, 5.41) is 0. The smallest absolute Gasteiger partial charge is 0.399 e.